The highest BCUT2D eigenvalue weighted by molar-refractivity contribution is 5.95. The average Bonchev–Trinajstić information content (AvgIpc) is 2.18. The Bertz CT molecular complexity index is 408. The summed E-state index contributed by atoms with van der Waals surface area (Å²) in [6, 6.07) is 4.78. The molecule has 0 heterocycles. The number of para-hydroxylation sites is 1. The predicted molar refractivity (Wildman–Crippen MR) is 67.4 cm³/mol. The average molecular weight is 237 g/mol. The van der Waals surface area contributed by atoms with Gasteiger partial charge < -0.3 is 15.6 Å². The molecule has 17 heavy (non-hydrogen) atoms. The van der Waals surface area contributed by atoms with Gasteiger partial charge in [0.1, 0.15) is 5.75 Å². The fourth-order valence-electron chi connectivity index (χ4n) is 1.32. The Labute approximate surface area is 101 Å². The second kappa shape index (κ2) is 5.08. The monoisotopic (exact) mass is 237 g/mol. The maximum Gasteiger partial charge on any atom is 0.337 e. The zero-order chi connectivity index (χ0) is 13.1. The van der Waals surface area contributed by atoms with Gasteiger partial charge in [-0.25, -0.2) is 4.79 Å². The first kappa shape index (κ1) is 13.4. The summed E-state index contributed by atoms with van der Waals surface area (Å²) < 4.78 is 5.52. The lowest BCUT2D eigenvalue weighted by Crippen LogP contribution is -2.12. The topological polar surface area (TPSA) is 72.5 Å². The number of benzene rings is 1. The van der Waals surface area contributed by atoms with Crippen LogP contribution in [0.25, 0.3) is 0 Å². The summed E-state index contributed by atoms with van der Waals surface area (Å²) in [5.41, 5.74) is 6.18. The van der Waals surface area contributed by atoms with Gasteiger partial charge in [-0.2, -0.15) is 0 Å². The van der Waals surface area contributed by atoms with Crippen LogP contribution in [0.15, 0.2) is 18.2 Å². The smallest absolute Gasteiger partial charge is 0.337 e. The van der Waals surface area contributed by atoms with Gasteiger partial charge in [0.25, 0.3) is 0 Å². The largest absolute Gasteiger partial charge is 0.491 e. The molecular formula is C13H19NO3. The van der Waals surface area contributed by atoms with Gasteiger partial charge in [0.15, 0.2) is 0 Å². The third kappa shape index (κ3) is 3.98. The van der Waals surface area contributed by atoms with Gasteiger partial charge in [0.2, 0.25) is 0 Å². The lowest BCUT2D eigenvalue weighted by molar-refractivity contribution is 0.0697. The second-order valence-electron chi connectivity index (χ2n) is 5.18. The number of carbonyl (C=O) groups is 1. The van der Waals surface area contributed by atoms with Gasteiger partial charge in [-0.15, -0.1) is 0 Å². The van der Waals surface area contributed by atoms with Crippen LogP contribution in [-0.2, 0) is 0 Å². The zero-order valence-corrected chi connectivity index (χ0v) is 10.5. The minimum atomic E-state index is -1.04. The Balaban J connectivity index is 2.72. The Hall–Kier alpha value is -1.71. The molecule has 3 N–H and O–H groups in total. The number of carboxylic acids is 1. The van der Waals surface area contributed by atoms with Gasteiger partial charge >= 0.3 is 5.97 Å². The van der Waals surface area contributed by atoms with Crippen LogP contribution in [0, 0.1) is 5.41 Å². The number of aromatic carboxylic acids is 1. The molecule has 0 atom stereocenters. The maximum absolute atomic E-state index is 10.9. The number of rotatable bonds is 4. The predicted octanol–water partition coefficient (Wildman–Crippen LogP) is 2.78. The van der Waals surface area contributed by atoms with Crippen LogP contribution in [0.5, 0.6) is 5.75 Å². The summed E-state index contributed by atoms with van der Waals surface area (Å²) in [4.78, 5) is 10.9. The number of ether oxygens (including phenoxy) is 1. The summed E-state index contributed by atoms with van der Waals surface area (Å²) in [5.74, 6) is -0.599. The van der Waals surface area contributed by atoms with Crippen molar-refractivity contribution in [3.63, 3.8) is 0 Å². The summed E-state index contributed by atoms with van der Waals surface area (Å²) in [7, 11) is 0. The fourth-order valence-corrected chi connectivity index (χ4v) is 1.32. The Morgan fingerprint density at radius 1 is 1.41 bits per heavy atom. The van der Waals surface area contributed by atoms with Crippen LogP contribution in [0.4, 0.5) is 5.69 Å². The van der Waals surface area contributed by atoms with E-state index in [4.69, 9.17) is 15.6 Å². The Morgan fingerprint density at radius 3 is 2.59 bits per heavy atom. The quantitative estimate of drug-likeness (QED) is 0.790. The van der Waals surface area contributed by atoms with E-state index in [1.165, 1.54) is 6.07 Å². The highest BCUT2D eigenvalue weighted by Crippen LogP contribution is 2.26. The van der Waals surface area contributed by atoms with Gasteiger partial charge in [0.05, 0.1) is 17.9 Å². The first-order chi connectivity index (χ1) is 7.81. The number of carboxylic acid groups (broad SMARTS) is 1. The summed E-state index contributed by atoms with van der Waals surface area (Å²) in [6.07, 6.45) is 0.879. The highest BCUT2D eigenvalue weighted by Gasteiger charge is 2.13. The van der Waals surface area contributed by atoms with Crippen molar-refractivity contribution >= 4 is 11.7 Å². The van der Waals surface area contributed by atoms with Crippen LogP contribution < -0.4 is 10.5 Å². The summed E-state index contributed by atoms with van der Waals surface area (Å²) >= 11 is 0. The van der Waals surface area contributed by atoms with Gasteiger partial charge in [-0.3, -0.25) is 0 Å². The van der Waals surface area contributed by atoms with Gasteiger partial charge in [-0.1, -0.05) is 26.8 Å². The van der Waals surface area contributed by atoms with E-state index in [1.807, 2.05) is 0 Å². The fraction of sp³-hybridized carbons (Fsp3) is 0.462. The molecule has 0 spiro atoms. The standard InChI is InChI=1S/C13H19NO3/c1-13(2,3)7-8-17-10-6-4-5-9(11(10)14)12(15)16/h4-6H,7-8,14H2,1-3H3,(H,15,16). The molecule has 0 saturated carbocycles. The molecule has 0 unspecified atom stereocenters. The van der Waals surface area contributed by atoms with E-state index >= 15 is 0 Å². The molecule has 0 saturated heterocycles. The molecule has 0 bridgehead atoms. The highest BCUT2D eigenvalue weighted by atomic mass is 16.5. The van der Waals surface area contributed by atoms with Crippen molar-refractivity contribution < 1.29 is 14.6 Å². The first-order valence-electron chi connectivity index (χ1n) is 5.56. The van der Waals surface area contributed by atoms with Crippen LogP contribution >= 0.6 is 0 Å². The van der Waals surface area contributed by atoms with Crippen molar-refractivity contribution in [3.05, 3.63) is 23.8 Å². The lowest BCUT2D eigenvalue weighted by atomic mass is 9.93. The molecular weight excluding hydrogens is 218 g/mol. The third-order valence-electron chi connectivity index (χ3n) is 2.41. The van der Waals surface area contributed by atoms with Crippen LogP contribution in [0.2, 0.25) is 0 Å². The van der Waals surface area contributed by atoms with Crippen LogP contribution in [-0.4, -0.2) is 17.7 Å². The Morgan fingerprint density at radius 2 is 2.06 bits per heavy atom. The molecule has 4 nitrogen and oxygen atoms in total. The van der Waals surface area contributed by atoms with E-state index in [0.717, 1.165) is 6.42 Å². The molecule has 0 aromatic heterocycles. The van der Waals surface area contributed by atoms with E-state index in [1.54, 1.807) is 12.1 Å². The summed E-state index contributed by atoms with van der Waals surface area (Å²) in [5, 5.41) is 8.91. The molecule has 1 aromatic rings. The first-order valence-corrected chi connectivity index (χ1v) is 5.56. The maximum atomic E-state index is 10.9. The molecule has 0 aliphatic heterocycles. The van der Waals surface area contributed by atoms with E-state index in [-0.39, 0.29) is 16.7 Å². The van der Waals surface area contributed by atoms with Crippen molar-refractivity contribution in [1.82, 2.24) is 0 Å². The molecule has 1 rings (SSSR count). The molecule has 94 valence electrons. The normalized spacial score (nSPS) is 11.2. The number of hydrogen-bond acceptors (Lipinski definition) is 3. The van der Waals surface area contributed by atoms with Crippen molar-refractivity contribution in [2.24, 2.45) is 5.41 Å². The number of hydrogen-bond donors (Lipinski definition) is 2. The molecule has 0 aliphatic carbocycles. The lowest BCUT2D eigenvalue weighted by Gasteiger charge is -2.18. The molecule has 0 aliphatic rings. The Kier molecular flexibility index (Phi) is 3.99. The van der Waals surface area contributed by atoms with Crippen LogP contribution in [0.3, 0.4) is 0 Å². The molecule has 1 aromatic carbocycles. The van der Waals surface area contributed by atoms with Crippen molar-refractivity contribution in [2.45, 2.75) is 27.2 Å². The minimum absolute atomic E-state index is 0.0817. The molecule has 0 amide bonds. The zero-order valence-electron chi connectivity index (χ0n) is 10.5. The van der Waals surface area contributed by atoms with Crippen molar-refractivity contribution in [3.8, 4) is 5.75 Å². The number of anilines is 1. The SMILES string of the molecule is CC(C)(C)CCOc1cccc(C(=O)O)c1N. The molecule has 4 heteroatoms. The van der Waals surface area contributed by atoms with E-state index in [0.29, 0.717) is 12.4 Å². The second-order valence-corrected chi connectivity index (χ2v) is 5.18. The van der Waals surface area contributed by atoms with Crippen molar-refractivity contribution in [2.75, 3.05) is 12.3 Å². The van der Waals surface area contributed by atoms with E-state index in [9.17, 15) is 4.79 Å². The number of nitrogens with two attached hydrogens (primary N) is 1. The van der Waals surface area contributed by atoms with E-state index < -0.39 is 5.97 Å². The summed E-state index contributed by atoms with van der Waals surface area (Å²) in [6.45, 7) is 6.88. The number of nitrogen functional groups attached to an aromatic ring is 1. The minimum Gasteiger partial charge on any atom is -0.491 e. The van der Waals surface area contributed by atoms with Crippen LogP contribution in [0.1, 0.15) is 37.6 Å². The third-order valence-corrected chi connectivity index (χ3v) is 2.41. The molecule has 0 radical (unpaired) electrons. The van der Waals surface area contributed by atoms with Crippen molar-refractivity contribution in [1.29, 1.82) is 0 Å². The van der Waals surface area contributed by atoms with Gasteiger partial charge in [0, 0.05) is 0 Å². The van der Waals surface area contributed by atoms with Gasteiger partial charge in [-0.05, 0) is 24.0 Å². The molecule has 0 fully saturated rings. The van der Waals surface area contributed by atoms with E-state index in [2.05, 4.69) is 20.8 Å².